The number of aromatic nitrogens is 3. The van der Waals surface area contributed by atoms with Crippen molar-refractivity contribution in [1.29, 1.82) is 0 Å². The van der Waals surface area contributed by atoms with Crippen LogP contribution >= 0.6 is 11.3 Å². The number of likely N-dealkylation sites (N-methyl/N-ethyl adjacent to an activating group) is 1. The number of rotatable bonds is 8. The van der Waals surface area contributed by atoms with Gasteiger partial charge in [-0.1, -0.05) is 33.8 Å². The molecule has 8 bridgehead atoms. The molecule has 8 heterocycles. The van der Waals surface area contributed by atoms with Crippen molar-refractivity contribution in [3.05, 3.63) is 58.2 Å². The molecule has 3 aromatic heterocycles. The minimum Gasteiger partial charge on any atom is -0.464 e. The van der Waals surface area contributed by atoms with E-state index in [-0.39, 0.29) is 55.1 Å². The molecule has 2 unspecified atom stereocenters. The molecule has 5 aliphatic heterocycles. The number of hydrazine groups is 1. The highest BCUT2D eigenvalue weighted by Gasteiger charge is 2.48. The zero-order valence-corrected chi connectivity index (χ0v) is 40.7. The van der Waals surface area contributed by atoms with Crippen LogP contribution in [-0.2, 0) is 48.5 Å². The summed E-state index contributed by atoms with van der Waals surface area (Å²) in [5.41, 5.74) is 9.18. The zero-order chi connectivity index (χ0) is 47.5. The number of cyclic esters (lactones) is 1. The first-order chi connectivity index (χ1) is 32.0. The second kappa shape index (κ2) is 18.6. The number of urea groups is 1. The molecule has 4 fully saturated rings. The molecule has 9 rings (SSSR count). The van der Waals surface area contributed by atoms with Crippen molar-refractivity contribution in [3.63, 3.8) is 0 Å². The smallest absolute Gasteiger partial charge is 0.324 e. The topological polar surface area (TPSA) is 193 Å². The number of fused-ring (bicyclic) bond motifs is 8. The second-order valence-corrected chi connectivity index (χ2v) is 21.1. The zero-order valence-electron chi connectivity index (χ0n) is 39.8. The summed E-state index contributed by atoms with van der Waals surface area (Å²) in [6, 6.07) is 6.89. The van der Waals surface area contributed by atoms with Gasteiger partial charge in [-0.05, 0) is 74.8 Å². The molecule has 0 spiro atoms. The summed E-state index contributed by atoms with van der Waals surface area (Å²) >= 11 is 1.41. The van der Waals surface area contributed by atoms with E-state index >= 15 is 0 Å². The summed E-state index contributed by atoms with van der Waals surface area (Å²) in [5.74, 6) is -1.56. The first-order valence-corrected chi connectivity index (χ1v) is 24.6. The summed E-state index contributed by atoms with van der Waals surface area (Å²) in [6.45, 7) is 12.0. The third-order valence-corrected chi connectivity index (χ3v) is 15.2. The van der Waals surface area contributed by atoms with E-state index in [0.717, 1.165) is 57.5 Å². The van der Waals surface area contributed by atoms with Gasteiger partial charge >= 0.3 is 12.0 Å². The van der Waals surface area contributed by atoms with E-state index in [1.165, 1.54) is 21.2 Å². The van der Waals surface area contributed by atoms with Crippen LogP contribution in [0.3, 0.4) is 0 Å². The lowest BCUT2D eigenvalue weighted by Crippen LogP contribution is -2.64. The Morgan fingerprint density at radius 2 is 1.82 bits per heavy atom. The van der Waals surface area contributed by atoms with Crippen molar-refractivity contribution >= 4 is 52.0 Å². The number of carbonyl (C=O) groups excluding carboxylic acids is 5. The highest BCUT2D eigenvalue weighted by atomic mass is 32.1. The number of esters is 1. The van der Waals surface area contributed by atoms with E-state index < -0.39 is 41.3 Å². The van der Waals surface area contributed by atoms with Crippen LogP contribution in [0.1, 0.15) is 82.7 Å². The molecule has 4 saturated heterocycles. The molecular formula is C49H64N10O7S. The van der Waals surface area contributed by atoms with Crippen LogP contribution < -0.4 is 16.1 Å². The maximum absolute atomic E-state index is 14.7. The number of thiazole rings is 1. The number of nitrogens with one attached hydrogen (secondary N) is 3. The highest BCUT2D eigenvalue weighted by molar-refractivity contribution is 7.10. The summed E-state index contributed by atoms with van der Waals surface area (Å²) < 4.78 is 14.1. The molecular weight excluding hydrogens is 873 g/mol. The van der Waals surface area contributed by atoms with Crippen molar-refractivity contribution in [2.24, 2.45) is 18.4 Å². The first kappa shape index (κ1) is 46.7. The van der Waals surface area contributed by atoms with Gasteiger partial charge < -0.3 is 39.4 Å². The predicted octanol–water partition coefficient (Wildman–Crippen LogP) is 4.44. The molecule has 3 N–H and O–H groups in total. The Morgan fingerprint density at radius 1 is 1.07 bits per heavy atom. The number of methoxy groups -OCH3 is 1. The fraction of sp³-hybridized carbons (Fsp3) is 0.571. The highest BCUT2D eigenvalue weighted by Crippen LogP contribution is 2.41. The van der Waals surface area contributed by atoms with Crippen LogP contribution in [0.4, 0.5) is 4.79 Å². The lowest BCUT2D eigenvalue weighted by atomic mass is 9.84. The van der Waals surface area contributed by atoms with E-state index in [0.29, 0.717) is 50.4 Å². The van der Waals surface area contributed by atoms with Gasteiger partial charge in [0, 0.05) is 92.8 Å². The van der Waals surface area contributed by atoms with Crippen LogP contribution in [0.2, 0.25) is 0 Å². The number of piperazine rings is 1. The van der Waals surface area contributed by atoms with Gasteiger partial charge in [-0.3, -0.25) is 29.2 Å². The number of amides is 5. The summed E-state index contributed by atoms with van der Waals surface area (Å²) in [6.07, 6.45) is 4.77. The minimum absolute atomic E-state index is 0.0814. The lowest BCUT2D eigenvalue weighted by Gasteiger charge is -2.44. The maximum Gasteiger partial charge on any atom is 0.324 e. The Bertz CT molecular complexity index is 2560. The van der Waals surface area contributed by atoms with Crippen molar-refractivity contribution in [3.8, 4) is 22.5 Å². The van der Waals surface area contributed by atoms with Gasteiger partial charge in [0.25, 0.3) is 5.91 Å². The van der Waals surface area contributed by atoms with Crippen LogP contribution in [0.5, 0.6) is 0 Å². The molecule has 1 aromatic carbocycles. The molecule has 17 nitrogen and oxygen atoms in total. The molecule has 0 aliphatic carbocycles. The predicted molar refractivity (Wildman–Crippen MR) is 253 cm³/mol. The van der Waals surface area contributed by atoms with Crippen molar-refractivity contribution in [2.75, 3.05) is 46.9 Å². The van der Waals surface area contributed by atoms with Gasteiger partial charge in [0.05, 0.1) is 52.9 Å². The third-order valence-electron chi connectivity index (χ3n) is 14.3. The van der Waals surface area contributed by atoms with Crippen LogP contribution in [-0.4, -0.2) is 147 Å². The lowest BCUT2D eigenvalue weighted by molar-refractivity contribution is -0.155. The average Bonchev–Trinajstić information content (AvgIpc) is 3.93. The Morgan fingerprint density at radius 3 is 2.52 bits per heavy atom. The van der Waals surface area contributed by atoms with E-state index in [2.05, 4.69) is 65.8 Å². The maximum atomic E-state index is 14.7. The molecule has 67 heavy (non-hydrogen) atoms. The Kier molecular flexibility index (Phi) is 12.9. The number of aryl methyl sites for hydroxylation is 1. The summed E-state index contributed by atoms with van der Waals surface area (Å²) in [4.78, 5) is 85.7. The molecule has 18 heteroatoms. The van der Waals surface area contributed by atoms with Gasteiger partial charge in [0.2, 0.25) is 11.8 Å². The number of benzene rings is 1. The minimum atomic E-state index is -1.08. The van der Waals surface area contributed by atoms with E-state index in [1.807, 2.05) is 42.0 Å². The molecule has 0 radical (unpaired) electrons. The van der Waals surface area contributed by atoms with Crippen molar-refractivity contribution in [2.45, 2.75) is 115 Å². The normalized spacial score (nSPS) is 24.9. The van der Waals surface area contributed by atoms with Gasteiger partial charge in [-0.2, -0.15) is 0 Å². The van der Waals surface area contributed by atoms with E-state index in [9.17, 15) is 24.0 Å². The number of hydrogen-bond donors (Lipinski definition) is 3. The first-order valence-electron chi connectivity index (χ1n) is 23.7. The summed E-state index contributed by atoms with van der Waals surface area (Å²) in [7, 11) is 5.39. The Labute approximate surface area is 395 Å². The quantitative estimate of drug-likeness (QED) is 0.167. The van der Waals surface area contributed by atoms with E-state index in [4.69, 9.17) is 19.4 Å². The molecule has 7 atom stereocenters. The standard InChI is InChI=1S/C49H64N10O7S/c1-27(2)42(56(7)48(64)59-30-14-15-31(59)24-57(23-30)45(61)37-22-51-37)44(60)53-36-20-40-52-38(25-67-40)29-13-16-39-33(19-29)34(43(55(39)6)32-11-9-17-50-41(32)28(3)65-8)21-49(4,5)26-66-47(63)35-12-10-18-58(54-35)46(36)62/h9,11,13,16-17,19,25,27-28,30-31,35-37,42,51,54H,10,12,14-15,18,20-24,26H2,1-8H3,(H,53,60)/t28-,30?,31?,35-,36-,37-,42-/m0/s1. The van der Waals surface area contributed by atoms with Crippen molar-refractivity contribution < 1.29 is 33.4 Å². The largest absolute Gasteiger partial charge is 0.464 e. The van der Waals surface area contributed by atoms with Crippen LogP contribution in [0.15, 0.2) is 41.9 Å². The Hall–Kier alpha value is -5.43. The number of nitrogens with zero attached hydrogens (tertiary/aromatic N) is 7. The number of hydrogen-bond acceptors (Lipinski definition) is 12. The number of carbonyl (C=O) groups is 5. The second-order valence-electron chi connectivity index (χ2n) is 20.2. The fourth-order valence-corrected chi connectivity index (χ4v) is 11.6. The molecule has 4 aromatic rings. The number of likely N-dealkylation sites (tertiary alicyclic amines) is 1. The van der Waals surface area contributed by atoms with Gasteiger partial charge in [-0.25, -0.2) is 15.2 Å². The number of pyridine rings is 1. The average molecular weight is 937 g/mol. The van der Waals surface area contributed by atoms with Crippen LogP contribution in [0.25, 0.3) is 33.4 Å². The SMILES string of the molecule is CO[C@@H](C)c1ncccc1-c1c2c3cc(ccc3n1C)-c1csc(n1)C[C@H](NC(=O)[C@H](C(C)C)N(C)C(=O)N1C3CCC1CN(C(=O)[C@@H]1CN1)C3)C(=O)N1CCC[C@H](N1)C(=O)OCC(C)(C)C2. The van der Waals surface area contributed by atoms with Gasteiger partial charge in [0.1, 0.15) is 18.1 Å². The van der Waals surface area contributed by atoms with Gasteiger partial charge in [-0.15, -0.1) is 11.3 Å². The van der Waals surface area contributed by atoms with Crippen LogP contribution in [0, 0.1) is 11.3 Å². The van der Waals surface area contributed by atoms with E-state index in [1.54, 1.807) is 20.4 Å². The fourth-order valence-electron chi connectivity index (χ4n) is 10.7. The monoisotopic (exact) mass is 936 g/mol. The number of ether oxygens (including phenoxy) is 2. The third kappa shape index (κ3) is 9.16. The molecule has 0 saturated carbocycles. The Balaban J connectivity index is 1.04. The molecule has 5 aliphatic rings. The summed E-state index contributed by atoms with van der Waals surface area (Å²) in [5, 5.41) is 11.2. The van der Waals surface area contributed by atoms with Crippen molar-refractivity contribution in [1.82, 2.24) is 50.3 Å². The van der Waals surface area contributed by atoms with Gasteiger partial charge in [0.15, 0.2) is 0 Å². The molecule has 358 valence electrons. The molecule has 5 amide bonds.